The van der Waals surface area contributed by atoms with Gasteiger partial charge in [0.05, 0.1) is 42.3 Å². The number of benzene rings is 2. The number of nitrogens with one attached hydrogen (secondary N) is 1. The fraction of sp³-hybridized carbons (Fsp3) is 0.167. The van der Waals surface area contributed by atoms with Crippen LogP contribution in [0.1, 0.15) is 24.2 Å². The topological polar surface area (TPSA) is 54.7 Å². The highest BCUT2D eigenvalue weighted by Crippen LogP contribution is 2.34. The molecular weight excluding hydrogens is 448 g/mol. The maximum Gasteiger partial charge on any atom is 0.151 e. The third-order valence-corrected chi connectivity index (χ3v) is 5.47. The standard InChI is InChI=1S/C24H22ClF2N5O/c1-14-12-31(13-28-14)22-8-6-18(10-23(22)33-4)29-21-11-24(25)30-32(16(21)3)15(2)19-7-5-17(26)9-20(19)27/h5-13,15,29H,3H2,1-2,4H3/t15-/m0/s1. The van der Waals surface area contributed by atoms with Crippen LogP contribution in [0.3, 0.4) is 0 Å². The van der Waals surface area contributed by atoms with E-state index in [1.165, 1.54) is 17.1 Å². The van der Waals surface area contributed by atoms with Crippen molar-refractivity contribution in [3.8, 4) is 11.4 Å². The molecule has 3 aromatic rings. The van der Waals surface area contributed by atoms with Gasteiger partial charge in [-0.2, -0.15) is 5.10 Å². The Bertz CT molecular complexity index is 1280. The smallest absolute Gasteiger partial charge is 0.151 e. The molecule has 0 spiro atoms. The molecule has 1 aromatic heterocycles. The van der Waals surface area contributed by atoms with Crippen LogP contribution in [0.25, 0.3) is 5.69 Å². The molecule has 0 aliphatic carbocycles. The fourth-order valence-electron chi connectivity index (χ4n) is 3.60. The van der Waals surface area contributed by atoms with E-state index >= 15 is 0 Å². The number of halogens is 3. The Morgan fingerprint density at radius 3 is 2.64 bits per heavy atom. The Balaban J connectivity index is 1.59. The molecular formula is C24H22ClF2N5O. The number of methoxy groups -OCH3 is 1. The average Bonchev–Trinajstić information content (AvgIpc) is 3.21. The van der Waals surface area contributed by atoms with Crippen molar-refractivity contribution in [2.45, 2.75) is 19.9 Å². The molecule has 0 saturated heterocycles. The summed E-state index contributed by atoms with van der Waals surface area (Å²) < 4.78 is 35.1. The van der Waals surface area contributed by atoms with Crippen molar-refractivity contribution in [2.24, 2.45) is 5.10 Å². The monoisotopic (exact) mass is 469 g/mol. The summed E-state index contributed by atoms with van der Waals surface area (Å²) in [5.41, 5.74) is 3.78. The number of aromatic nitrogens is 2. The lowest BCUT2D eigenvalue weighted by atomic mass is 10.1. The van der Waals surface area contributed by atoms with Gasteiger partial charge in [-0.05, 0) is 32.0 Å². The minimum Gasteiger partial charge on any atom is -0.494 e. The van der Waals surface area contributed by atoms with E-state index in [9.17, 15) is 8.78 Å². The minimum absolute atomic E-state index is 0.191. The number of hydrogen-bond donors (Lipinski definition) is 1. The lowest BCUT2D eigenvalue weighted by Gasteiger charge is -2.32. The number of nitrogens with zero attached hydrogens (tertiary/aromatic N) is 4. The van der Waals surface area contributed by atoms with E-state index in [0.717, 1.165) is 23.1 Å². The SMILES string of the molecule is C=C1C(Nc2ccc(-n3cnc(C)c3)c(OC)c2)=CC(Cl)=NN1[C@@H](C)c1ccc(F)cc1F. The Kier molecular flexibility index (Phi) is 6.20. The van der Waals surface area contributed by atoms with Crippen LogP contribution in [0.2, 0.25) is 0 Å². The van der Waals surface area contributed by atoms with E-state index in [2.05, 4.69) is 22.0 Å². The third kappa shape index (κ3) is 4.61. The first-order valence-corrected chi connectivity index (χ1v) is 10.5. The number of hydrogen-bond acceptors (Lipinski definition) is 5. The minimum atomic E-state index is -0.666. The summed E-state index contributed by atoms with van der Waals surface area (Å²) in [5, 5.41) is 9.26. The molecule has 0 saturated carbocycles. The number of hydrazone groups is 1. The number of rotatable bonds is 6. The molecule has 0 radical (unpaired) electrons. The Hall–Kier alpha value is -3.65. The number of aryl methyl sites for hydroxylation is 1. The largest absolute Gasteiger partial charge is 0.494 e. The second-order valence-corrected chi connectivity index (χ2v) is 7.94. The Morgan fingerprint density at radius 2 is 1.97 bits per heavy atom. The Labute approximate surface area is 195 Å². The Morgan fingerprint density at radius 1 is 1.18 bits per heavy atom. The molecule has 0 unspecified atom stereocenters. The average molecular weight is 470 g/mol. The van der Waals surface area contributed by atoms with Crippen molar-refractivity contribution in [1.29, 1.82) is 0 Å². The van der Waals surface area contributed by atoms with Crippen LogP contribution in [-0.2, 0) is 0 Å². The van der Waals surface area contributed by atoms with Gasteiger partial charge in [-0.3, -0.25) is 5.01 Å². The maximum absolute atomic E-state index is 14.4. The summed E-state index contributed by atoms with van der Waals surface area (Å²) in [6.07, 6.45) is 5.25. The lowest BCUT2D eigenvalue weighted by molar-refractivity contribution is 0.284. The molecule has 0 bridgehead atoms. The van der Waals surface area contributed by atoms with Crippen molar-refractivity contribution >= 4 is 22.5 Å². The molecule has 6 nitrogen and oxygen atoms in total. The zero-order valence-corrected chi connectivity index (χ0v) is 19.1. The quantitative estimate of drug-likeness (QED) is 0.488. The first-order valence-electron chi connectivity index (χ1n) is 10.1. The number of anilines is 1. The van der Waals surface area contributed by atoms with E-state index in [-0.39, 0.29) is 10.7 Å². The molecule has 0 fully saturated rings. The van der Waals surface area contributed by atoms with Gasteiger partial charge < -0.3 is 14.6 Å². The zero-order chi connectivity index (χ0) is 23.7. The molecule has 170 valence electrons. The first-order chi connectivity index (χ1) is 15.8. The predicted octanol–water partition coefficient (Wildman–Crippen LogP) is 5.91. The molecule has 1 N–H and O–H groups in total. The van der Waals surface area contributed by atoms with Gasteiger partial charge in [0, 0.05) is 35.7 Å². The van der Waals surface area contributed by atoms with Crippen molar-refractivity contribution in [2.75, 3.05) is 12.4 Å². The number of ether oxygens (including phenoxy) is 1. The van der Waals surface area contributed by atoms with Crippen LogP contribution < -0.4 is 10.1 Å². The summed E-state index contributed by atoms with van der Waals surface area (Å²) >= 11 is 6.26. The summed E-state index contributed by atoms with van der Waals surface area (Å²) in [7, 11) is 1.59. The highest BCUT2D eigenvalue weighted by Gasteiger charge is 2.26. The number of allylic oxidation sites excluding steroid dienone is 1. The second kappa shape index (κ2) is 9.07. The zero-order valence-electron chi connectivity index (χ0n) is 18.3. The van der Waals surface area contributed by atoms with Crippen LogP contribution in [0.4, 0.5) is 14.5 Å². The first kappa shape index (κ1) is 22.5. The summed E-state index contributed by atoms with van der Waals surface area (Å²) in [5.74, 6) is -0.675. The van der Waals surface area contributed by atoms with Crippen LogP contribution in [0, 0.1) is 18.6 Å². The van der Waals surface area contributed by atoms with Crippen molar-refractivity contribution in [1.82, 2.24) is 14.6 Å². The summed E-state index contributed by atoms with van der Waals surface area (Å²) in [6.45, 7) is 7.75. The lowest BCUT2D eigenvalue weighted by Crippen LogP contribution is -2.28. The van der Waals surface area contributed by atoms with Gasteiger partial charge in [0.15, 0.2) is 5.17 Å². The number of imidazole rings is 1. The molecule has 1 aliphatic rings. The second-order valence-electron chi connectivity index (χ2n) is 7.55. The molecule has 2 heterocycles. The third-order valence-electron chi connectivity index (χ3n) is 5.28. The molecule has 4 rings (SSSR count). The van der Waals surface area contributed by atoms with Gasteiger partial charge in [0.2, 0.25) is 0 Å². The molecule has 9 heteroatoms. The van der Waals surface area contributed by atoms with Crippen LogP contribution in [0.5, 0.6) is 5.75 Å². The van der Waals surface area contributed by atoms with Gasteiger partial charge >= 0.3 is 0 Å². The van der Waals surface area contributed by atoms with Crippen molar-refractivity contribution in [3.63, 3.8) is 0 Å². The molecule has 33 heavy (non-hydrogen) atoms. The molecule has 2 aromatic carbocycles. The molecule has 0 amide bonds. The van der Waals surface area contributed by atoms with Crippen LogP contribution in [-0.4, -0.2) is 26.8 Å². The molecule has 1 aliphatic heterocycles. The van der Waals surface area contributed by atoms with Gasteiger partial charge in [-0.15, -0.1) is 0 Å². The highest BCUT2D eigenvalue weighted by molar-refractivity contribution is 6.68. The predicted molar refractivity (Wildman–Crippen MR) is 126 cm³/mol. The maximum atomic E-state index is 14.4. The van der Waals surface area contributed by atoms with E-state index in [0.29, 0.717) is 17.1 Å². The van der Waals surface area contributed by atoms with E-state index in [4.69, 9.17) is 16.3 Å². The highest BCUT2D eigenvalue weighted by atomic mass is 35.5. The molecule has 1 atom stereocenters. The fourth-order valence-corrected chi connectivity index (χ4v) is 3.79. The van der Waals surface area contributed by atoms with Gasteiger partial charge in [0.25, 0.3) is 0 Å². The van der Waals surface area contributed by atoms with E-state index in [1.807, 2.05) is 35.9 Å². The van der Waals surface area contributed by atoms with Gasteiger partial charge in [0.1, 0.15) is 17.4 Å². The van der Waals surface area contributed by atoms with Gasteiger partial charge in [-0.1, -0.05) is 24.2 Å². The van der Waals surface area contributed by atoms with Crippen molar-refractivity contribution in [3.05, 3.63) is 95.9 Å². The summed E-state index contributed by atoms with van der Waals surface area (Å²) in [4.78, 5) is 4.25. The van der Waals surface area contributed by atoms with Crippen LogP contribution >= 0.6 is 11.6 Å². The summed E-state index contributed by atoms with van der Waals surface area (Å²) in [6, 6.07) is 8.49. The van der Waals surface area contributed by atoms with Crippen molar-refractivity contribution < 1.29 is 13.5 Å². The van der Waals surface area contributed by atoms with E-state index in [1.54, 1.807) is 26.4 Å². The van der Waals surface area contributed by atoms with Gasteiger partial charge in [-0.25, -0.2) is 13.8 Å². The van der Waals surface area contributed by atoms with E-state index < -0.39 is 17.7 Å². The van der Waals surface area contributed by atoms with Crippen LogP contribution in [0.15, 0.2) is 78.1 Å². The normalized spacial score (nSPS) is 14.6.